The van der Waals surface area contributed by atoms with Gasteiger partial charge in [-0.1, -0.05) is 14.4 Å². The summed E-state index contributed by atoms with van der Waals surface area (Å²) in [4.78, 5) is 90.3. The van der Waals surface area contributed by atoms with Crippen molar-refractivity contribution in [2.45, 2.75) is 111 Å². The second-order valence-corrected chi connectivity index (χ2v) is 11.7. The van der Waals surface area contributed by atoms with Crippen LogP contribution in [-0.2, 0) is 57.3 Å². The number of rotatable bonds is 34. The van der Waals surface area contributed by atoms with E-state index in [1.807, 2.05) is 6.92 Å². The number of amides is 3. The number of carbonyl (C=O) groups is 8. The molecule has 0 aliphatic carbocycles. The maximum Gasteiger partial charge on any atom is 0.326 e. The molecule has 18 nitrogen and oxygen atoms in total. The highest BCUT2D eigenvalue weighted by Gasteiger charge is 2.22. The van der Waals surface area contributed by atoms with E-state index >= 15 is 0 Å². The van der Waals surface area contributed by atoms with Crippen molar-refractivity contribution in [2.24, 2.45) is 5.92 Å². The smallest absolute Gasteiger partial charge is 0.326 e. The van der Waals surface area contributed by atoms with E-state index in [4.69, 9.17) is 29.2 Å². The highest BCUT2D eigenvalue weighted by molar-refractivity contribution is 5.85. The van der Waals surface area contributed by atoms with Gasteiger partial charge in [-0.15, -0.1) is 0 Å². The summed E-state index contributed by atoms with van der Waals surface area (Å²) >= 11 is 0. The Kier molecular flexibility index (Phi) is 37.6. The number of hydrogen-bond donors (Lipinski definition) is 6. The summed E-state index contributed by atoms with van der Waals surface area (Å²) in [6, 6.07) is -0.912. The monoisotopic (exact) mass is 779 g/mol. The van der Waals surface area contributed by atoms with Gasteiger partial charge in [-0.3, -0.25) is 33.6 Å². The maximum atomic E-state index is 11.9. The summed E-state index contributed by atoms with van der Waals surface area (Å²) in [7, 11) is 0. The van der Waals surface area contributed by atoms with E-state index in [0.717, 1.165) is 0 Å². The van der Waals surface area contributed by atoms with Gasteiger partial charge in [0.2, 0.25) is 17.7 Å². The molecule has 2 unspecified atom stereocenters. The average molecular weight is 780 g/mol. The first kappa shape index (κ1) is 54.3. The van der Waals surface area contributed by atoms with Crippen molar-refractivity contribution < 1.29 is 72.6 Å². The van der Waals surface area contributed by atoms with Crippen LogP contribution in [0.2, 0.25) is 0 Å². The molecule has 0 spiro atoms. The lowest BCUT2D eigenvalue weighted by atomic mass is 9.95. The van der Waals surface area contributed by atoms with Gasteiger partial charge in [0, 0.05) is 71.4 Å². The summed E-state index contributed by atoms with van der Waals surface area (Å²) < 4.78 is 20.6. The van der Waals surface area contributed by atoms with Gasteiger partial charge in [0.25, 0.3) is 0 Å². The molecule has 3 amide bonds. The summed E-state index contributed by atoms with van der Waals surface area (Å²) in [5.74, 6) is -5.35. The standard InChI is InChI=1S/C22H37NO10.C13H24N2O5.CH4/c1-2-31-11-4-6-19(25)16-33-14-13-32-12-10-23-20(26)9-8-17(22(29)30)15-18(24)5-3-7-21(27)28;1-3-11(16)14-8-6-5-7-10(13(18)19)15-12(17)9-20-4-2;/h17H,2-16H2,1H3,(H,23,26)(H,27,28)(H,29,30);10H,3-9H2,1-2H3,(H,14,16)(H,15,17)(H,18,19);1H4. The van der Waals surface area contributed by atoms with Crippen LogP contribution in [0.4, 0.5) is 0 Å². The highest BCUT2D eigenvalue weighted by atomic mass is 16.5. The fourth-order valence-electron chi connectivity index (χ4n) is 4.29. The van der Waals surface area contributed by atoms with Gasteiger partial charge in [0.15, 0.2) is 5.78 Å². The van der Waals surface area contributed by atoms with Crippen LogP contribution in [0.3, 0.4) is 0 Å². The van der Waals surface area contributed by atoms with E-state index in [1.54, 1.807) is 13.8 Å². The van der Waals surface area contributed by atoms with Crippen LogP contribution in [0.25, 0.3) is 0 Å². The molecule has 0 heterocycles. The van der Waals surface area contributed by atoms with Crippen molar-refractivity contribution in [3.05, 3.63) is 0 Å². The molecule has 314 valence electrons. The van der Waals surface area contributed by atoms with Crippen LogP contribution in [0, 0.1) is 5.92 Å². The molecule has 0 aromatic heterocycles. The SMILES string of the molecule is C.CCOCC(=O)NC(CCCCNC(=O)CC)C(=O)O.CCOCCCC(=O)COCCOCCNC(=O)CCC(CC(=O)CCCC(=O)O)C(=O)O. The number of hydrogen-bond acceptors (Lipinski definition) is 12. The molecule has 0 fully saturated rings. The number of ketones is 2. The molecule has 6 N–H and O–H groups in total. The molecule has 0 rings (SSSR count). The van der Waals surface area contributed by atoms with Gasteiger partial charge in [-0.2, -0.15) is 0 Å². The van der Waals surface area contributed by atoms with Gasteiger partial charge < -0.3 is 50.2 Å². The summed E-state index contributed by atoms with van der Waals surface area (Å²) in [5, 5.41) is 34.5. The molecular formula is C36H65N3O15. The molecule has 0 bridgehead atoms. The van der Waals surface area contributed by atoms with Crippen LogP contribution in [0.15, 0.2) is 0 Å². The maximum absolute atomic E-state index is 11.9. The third-order valence-corrected chi connectivity index (χ3v) is 7.17. The predicted molar refractivity (Wildman–Crippen MR) is 197 cm³/mol. The minimum Gasteiger partial charge on any atom is -0.481 e. The Balaban J connectivity index is -0.00000106. The summed E-state index contributed by atoms with van der Waals surface area (Å²) in [5.41, 5.74) is 0. The van der Waals surface area contributed by atoms with Crippen molar-refractivity contribution >= 4 is 47.2 Å². The zero-order valence-electron chi connectivity index (χ0n) is 31.5. The van der Waals surface area contributed by atoms with Gasteiger partial charge in [-0.05, 0) is 52.4 Å². The molecule has 0 aliphatic rings. The van der Waals surface area contributed by atoms with E-state index in [-0.39, 0.29) is 109 Å². The third kappa shape index (κ3) is 36.4. The van der Waals surface area contributed by atoms with Crippen molar-refractivity contribution in [2.75, 3.05) is 65.9 Å². The molecule has 0 aliphatic heterocycles. The second-order valence-electron chi connectivity index (χ2n) is 11.7. The van der Waals surface area contributed by atoms with E-state index in [9.17, 15) is 43.5 Å². The highest BCUT2D eigenvalue weighted by Crippen LogP contribution is 2.15. The summed E-state index contributed by atoms with van der Waals surface area (Å²) in [6.07, 6.45) is 2.90. The number of carboxylic acids is 3. The van der Waals surface area contributed by atoms with E-state index in [1.165, 1.54) is 0 Å². The van der Waals surface area contributed by atoms with Gasteiger partial charge in [-0.25, -0.2) is 4.79 Å². The molecule has 0 saturated carbocycles. The Labute approximate surface area is 318 Å². The van der Waals surface area contributed by atoms with Crippen LogP contribution >= 0.6 is 0 Å². The Bertz CT molecular complexity index is 1090. The molecular weight excluding hydrogens is 714 g/mol. The number of aliphatic carboxylic acids is 3. The molecule has 0 saturated heterocycles. The molecule has 18 heteroatoms. The number of unbranched alkanes of at least 4 members (excludes halogenated alkanes) is 1. The Morgan fingerprint density at radius 1 is 0.556 bits per heavy atom. The quantitative estimate of drug-likeness (QED) is 0.0511. The summed E-state index contributed by atoms with van der Waals surface area (Å²) in [6.45, 7) is 8.43. The largest absolute Gasteiger partial charge is 0.481 e. The third-order valence-electron chi connectivity index (χ3n) is 7.17. The normalized spacial score (nSPS) is 11.5. The zero-order valence-corrected chi connectivity index (χ0v) is 31.5. The second kappa shape index (κ2) is 37.3. The predicted octanol–water partition coefficient (Wildman–Crippen LogP) is 2.14. The number of carbonyl (C=O) groups excluding carboxylic acids is 5. The number of nitrogens with one attached hydrogen (secondary N) is 3. The van der Waals surface area contributed by atoms with E-state index in [0.29, 0.717) is 64.9 Å². The lowest BCUT2D eigenvalue weighted by Gasteiger charge is -2.14. The number of ether oxygens (including phenoxy) is 4. The lowest BCUT2D eigenvalue weighted by molar-refractivity contribution is -0.144. The first-order chi connectivity index (χ1) is 25.3. The van der Waals surface area contributed by atoms with E-state index < -0.39 is 35.8 Å². The number of carboxylic acid groups (broad SMARTS) is 3. The minimum atomic E-state index is -1.16. The zero-order chi connectivity index (χ0) is 40.3. The molecule has 0 radical (unpaired) electrons. The van der Waals surface area contributed by atoms with Crippen molar-refractivity contribution in [1.82, 2.24) is 16.0 Å². The van der Waals surface area contributed by atoms with E-state index in [2.05, 4.69) is 16.0 Å². The van der Waals surface area contributed by atoms with Crippen LogP contribution in [0.1, 0.15) is 105 Å². The molecule has 0 aromatic rings. The van der Waals surface area contributed by atoms with Crippen LogP contribution in [0.5, 0.6) is 0 Å². The van der Waals surface area contributed by atoms with Crippen molar-refractivity contribution in [3.8, 4) is 0 Å². The van der Waals surface area contributed by atoms with Crippen LogP contribution in [-0.4, -0.2) is 135 Å². The molecule has 2 atom stereocenters. The fraction of sp³-hybridized carbons (Fsp3) is 0.778. The first-order valence-electron chi connectivity index (χ1n) is 18.1. The van der Waals surface area contributed by atoms with Gasteiger partial charge in [0.05, 0.1) is 25.7 Å². The Hall–Kier alpha value is -4.00. The van der Waals surface area contributed by atoms with Crippen LogP contribution < -0.4 is 16.0 Å². The lowest BCUT2D eigenvalue weighted by Crippen LogP contribution is -2.42. The van der Waals surface area contributed by atoms with Crippen molar-refractivity contribution in [1.29, 1.82) is 0 Å². The van der Waals surface area contributed by atoms with Gasteiger partial charge >= 0.3 is 17.9 Å². The number of Topliss-reactive ketones (excluding diaryl/α,β-unsaturated/α-hetero) is 2. The molecule has 0 aromatic carbocycles. The van der Waals surface area contributed by atoms with Crippen molar-refractivity contribution in [3.63, 3.8) is 0 Å². The topological polar surface area (TPSA) is 270 Å². The average Bonchev–Trinajstić information content (AvgIpc) is 3.11. The Morgan fingerprint density at radius 2 is 1.20 bits per heavy atom. The minimum absolute atomic E-state index is 0. The fourth-order valence-corrected chi connectivity index (χ4v) is 4.29. The molecule has 54 heavy (non-hydrogen) atoms. The van der Waals surface area contributed by atoms with Gasteiger partial charge in [0.1, 0.15) is 25.0 Å². The first-order valence-corrected chi connectivity index (χ1v) is 18.1. The Morgan fingerprint density at radius 3 is 1.81 bits per heavy atom.